The Morgan fingerprint density at radius 1 is 1.15 bits per heavy atom. The molecule has 1 N–H and O–H groups in total. The standard InChI is InChI=1S/C19H28N2O5S/c1-3-15(4-2)20-19(22)14-7-9-21(10-8-14)27(23,24)16-5-6-17-18(13-16)26-12-11-25-17/h5-6,13-15H,3-4,7-12H2,1-2H3,(H,20,22). The number of hydrogen-bond donors (Lipinski definition) is 1. The highest BCUT2D eigenvalue weighted by atomic mass is 32.2. The van der Waals surface area contributed by atoms with Crippen LogP contribution in [0.4, 0.5) is 0 Å². The van der Waals surface area contributed by atoms with Gasteiger partial charge in [-0.3, -0.25) is 4.79 Å². The van der Waals surface area contributed by atoms with Crippen LogP contribution in [-0.2, 0) is 14.8 Å². The summed E-state index contributed by atoms with van der Waals surface area (Å²) in [5, 5.41) is 3.07. The van der Waals surface area contributed by atoms with Gasteiger partial charge < -0.3 is 14.8 Å². The van der Waals surface area contributed by atoms with E-state index in [0.717, 1.165) is 12.8 Å². The van der Waals surface area contributed by atoms with Gasteiger partial charge in [-0.2, -0.15) is 4.31 Å². The first-order valence-corrected chi connectivity index (χ1v) is 11.1. The molecule has 0 radical (unpaired) electrons. The summed E-state index contributed by atoms with van der Waals surface area (Å²) in [5.74, 6) is 0.941. The van der Waals surface area contributed by atoms with Gasteiger partial charge in [0.05, 0.1) is 4.90 Å². The highest BCUT2D eigenvalue weighted by molar-refractivity contribution is 7.89. The number of ether oxygens (including phenoxy) is 2. The fraction of sp³-hybridized carbons (Fsp3) is 0.632. The number of nitrogens with one attached hydrogen (secondary N) is 1. The molecular formula is C19H28N2O5S. The van der Waals surface area contributed by atoms with Crippen LogP contribution in [-0.4, -0.2) is 51.0 Å². The second kappa shape index (κ2) is 8.48. The number of piperidine rings is 1. The van der Waals surface area contributed by atoms with E-state index in [1.165, 1.54) is 10.4 Å². The van der Waals surface area contributed by atoms with Crippen molar-refractivity contribution in [3.63, 3.8) is 0 Å². The summed E-state index contributed by atoms with van der Waals surface area (Å²) in [6.45, 7) is 5.67. The number of amides is 1. The second-order valence-electron chi connectivity index (χ2n) is 7.01. The molecule has 0 unspecified atom stereocenters. The Morgan fingerprint density at radius 3 is 2.41 bits per heavy atom. The molecule has 27 heavy (non-hydrogen) atoms. The predicted octanol–water partition coefficient (Wildman–Crippen LogP) is 2.16. The SMILES string of the molecule is CCC(CC)NC(=O)C1CCN(S(=O)(=O)c2ccc3c(c2)OCCO3)CC1. The lowest BCUT2D eigenvalue weighted by Crippen LogP contribution is -2.45. The molecule has 1 aromatic carbocycles. The van der Waals surface area contributed by atoms with Crippen LogP contribution in [0.15, 0.2) is 23.1 Å². The zero-order valence-corrected chi connectivity index (χ0v) is 16.8. The molecule has 1 saturated heterocycles. The van der Waals surface area contributed by atoms with Crippen molar-refractivity contribution in [2.45, 2.75) is 50.5 Å². The number of benzene rings is 1. The molecule has 2 aliphatic rings. The summed E-state index contributed by atoms with van der Waals surface area (Å²) in [5.41, 5.74) is 0. The predicted molar refractivity (Wildman–Crippen MR) is 101 cm³/mol. The van der Waals surface area contributed by atoms with Crippen molar-refractivity contribution in [2.75, 3.05) is 26.3 Å². The van der Waals surface area contributed by atoms with Crippen LogP contribution in [0.5, 0.6) is 11.5 Å². The van der Waals surface area contributed by atoms with E-state index < -0.39 is 10.0 Å². The number of carbonyl (C=O) groups excluding carboxylic acids is 1. The van der Waals surface area contributed by atoms with Crippen LogP contribution in [0.2, 0.25) is 0 Å². The van der Waals surface area contributed by atoms with Crippen molar-refractivity contribution in [3.05, 3.63) is 18.2 Å². The van der Waals surface area contributed by atoms with Crippen molar-refractivity contribution in [1.29, 1.82) is 0 Å². The minimum Gasteiger partial charge on any atom is -0.486 e. The Balaban J connectivity index is 1.64. The third-order valence-corrected chi connectivity index (χ3v) is 7.20. The molecule has 0 spiro atoms. The largest absolute Gasteiger partial charge is 0.486 e. The topological polar surface area (TPSA) is 84.9 Å². The molecule has 150 valence electrons. The van der Waals surface area contributed by atoms with Crippen LogP contribution < -0.4 is 14.8 Å². The van der Waals surface area contributed by atoms with Crippen LogP contribution in [0.1, 0.15) is 39.5 Å². The van der Waals surface area contributed by atoms with E-state index in [9.17, 15) is 13.2 Å². The van der Waals surface area contributed by atoms with Gasteiger partial charge in [0, 0.05) is 31.1 Å². The smallest absolute Gasteiger partial charge is 0.243 e. The zero-order chi connectivity index (χ0) is 19.4. The molecule has 1 amide bonds. The van der Waals surface area contributed by atoms with Crippen molar-refractivity contribution in [3.8, 4) is 11.5 Å². The maximum atomic E-state index is 12.9. The molecule has 8 heteroatoms. The number of nitrogens with zero attached hydrogens (tertiary/aromatic N) is 1. The molecule has 2 heterocycles. The summed E-state index contributed by atoms with van der Waals surface area (Å²) < 4.78 is 38.3. The van der Waals surface area contributed by atoms with Crippen molar-refractivity contribution in [1.82, 2.24) is 9.62 Å². The minimum absolute atomic E-state index is 0.0417. The van der Waals surface area contributed by atoms with E-state index in [0.29, 0.717) is 50.6 Å². The van der Waals surface area contributed by atoms with E-state index in [-0.39, 0.29) is 22.8 Å². The Kier molecular flexibility index (Phi) is 6.26. The van der Waals surface area contributed by atoms with Crippen LogP contribution in [0.3, 0.4) is 0 Å². The molecular weight excluding hydrogens is 368 g/mol. The Hall–Kier alpha value is -1.80. The third kappa shape index (κ3) is 4.38. The quantitative estimate of drug-likeness (QED) is 0.797. The van der Waals surface area contributed by atoms with E-state index in [4.69, 9.17) is 9.47 Å². The number of carbonyl (C=O) groups is 1. The van der Waals surface area contributed by atoms with Crippen LogP contribution >= 0.6 is 0 Å². The maximum absolute atomic E-state index is 12.9. The highest BCUT2D eigenvalue weighted by Crippen LogP contribution is 2.34. The lowest BCUT2D eigenvalue weighted by Gasteiger charge is -2.31. The Morgan fingerprint density at radius 2 is 1.78 bits per heavy atom. The highest BCUT2D eigenvalue weighted by Gasteiger charge is 2.33. The average Bonchev–Trinajstić information content (AvgIpc) is 2.71. The first-order chi connectivity index (χ1) is 13.0. The molecule has 0 bridgehead atoms. The first-order valence-electron chi connectivity index (χ1n) is 9.65. The molecule has 1 fully saturated rings. The van der Waals surface area contributed by atoms with Crippen molar-refractivity contribution in [2.24, 2.45) is 5.92 Å². The van der Waals surface area contributed by atoms with Gasteiger partial charge in [-0.15, -0.1) is 0 Å². The van der Waals surface area contributed by atoms with Gasteiger partial charge in [0.15, 0.2) is 11.5 Å². The summed E-state index contributed by atoms with van der Waals surface area (Å²) in [6, 6.07) is 4.90. The second-order valence-corrected chi connectivity index (χ2v) is 8.94. The molecule has 0 atom stereocenters. The molecule has 0 aliphatic carbocycles. The van der Waals surface area contributed by atoms with Gasteiger partial charge in [0.25, 0.3) is 0 Å². The van der Waals surface area contributed by atoms with Gasteiger partial charge in [0.2, 0.25) is 15.9 Å². The molecule has 3 rings (SSSR count). The molecule has 0 aromatic heterocycles. The summed E-state index contributed by atoms with van der Waals surface area (Å²) in [6.07, 6.45) is 2.88. The first kappa shape index (κ1) is 19.9. The number of fused-ring (bicyclic) bond motifs is 1. The van der Waals surface area contributed by atoms with Crippen LogP contribution in [0, 0.1) is 5.92 Å². The van der Waals surface area contributed by atoms with E-state index >= 15 is 0 Å². The maximum Gasteiger partial charge on any atom is 0.243 e. The summed E-state index contributed by atoms with van der Waals surface area (Å²) in [7, 11) is -3.61. The van der Waals surface area contributed by atoms with Gasteiger partial charge in [-0.25, -0.2) is 8.42 Å². The summed E-state index contributed by atoms with van der Waals surface area (Å²) in [4.78, 5) is 12.6. The average molecular weight is 397 g/mol. The molecule has 2 aliphatic heterocycles. The Bertz CT molecular complexity index is 768. The third-order valence-electron chi connectivity index (χ3n) is 5.31. The van der Waals surface area contributed by atoms with Crippen molar-refractivity contribution >= 4 is 15.9 Å². The van der Waals surface area contributed by atoms with Crippen LogP contribution in [0.25, 0.3) is 0 Å². The summed E-state index contributed by atoms with van der Waals surface area (Å²) >= 11 is 0. The number of sulfonamides is 1. The fourth-order valence-corrected chi connectivity index (χ4v) is 4.99. The number of rotatable bonds is 6. The van der Waals surface area contributed by atoms with Gasteiger partial charge in [-0.05, 0) is 37.8 Å². The van der Waals surface area contributed by atoms with Gasteiger partial charge >= 0.3 is 0 Å². The van der Waals surface area contributed by atoms with Gasteiger partial charge in [0.1, 0.15) is 13.2 Å². The van der Waals surface area contributed by atoms with Crippen molar-refractivity contribution < 1.29 is 22.7 Å². The van der Waals surface area contributed by atoms with Gasteiger partial charge in [-0.1, -0.05) is 13.8 Å². The lowest BCUT2D eigenvalue weighted by molar-refractivity contribution is -0.126. The molecule has 7 nitrogen and oxygen atoms in total. The zero-order valence-electron chi connectivity index (χ0n) is 15.9. The molecule has 0 saturated carbocycles. The van der Waals surface area contributed by atoms with E-state index in [2.05, 4.69) is 19.2 Å². The lowest BCUT2D eigenvalue weighted by atomic mass is 9.96. The number of hydrogen-bond acceptors (Lipinski definition) is 5. The Labute approximate surface area is 161 Å². The fourth-order valence-electron chi connectivity index (χ4n) is 3.50. The normalized spacial score (nSPS) is 18.5. The molecule has 1 aromatic rings. The van der Waals surface area contributed by atoms with E-state index in [1.54, 1.807) is 12.1 Å². The monoisotopic (exact) mass is 396 g/mol. The minimum atomic E-state index is -3.61. The van der Waals surface area contributed by atoms with E-state index in [1.807, 2.05) is 0 Å².